The Bertz CT molecular complexity index is 1320. The monoisotopic (exact) mass is 552 g/mol. The molecule has 3 aromatic rings. The third kappa shape index (κ3) is 8.74. The summed E-state index contributed by atoms with van der Waals surface area (Å²) in [6.07, 6.45) is 3.97. The van der Waals surface area contributed by atoms with Crippen molar-refractivity contribution in [2.24, 2.45) is 0 Å². The third-order valence-electron chi connectivity index (χ3n) is 6.62. The standard InChI is InChI=1S/C29H40N6O3S/c1-6-11-23-14-15-24(33-39-19-22-12-9-8-10-13-22)28(38)35(23)18-26(36)30-16-25-21(3)31-20-34(25)17-27(37)32-29(4,5)7-2/h8-10,12-15,20,33H,6-7,11,16-19H2,1-5H3,(H,30,36)(H,32,37). The van der Waals surface area contributed by atoms with Crippen LogP contribution in [0, 0.1) is 6.92 Å². The van der Waals surface area contributed by atoms with Crippen LogP contribution in [0.25, 0.3) is 0 Å². The Balaban J connectivity index is 1.66. The quantitative estimate of drug-likeness (QED) is 0.259. The van der Waals surface area contributed by atoms with E-state index in [1.54, 1.807) is 17.0 Å². The molecular weight excluding hydrogens is 512 g/mol. The van der Waals surface area contributed by atoms with Crippen LogP contribution >= 0.6 is 11.9 Å². The van der Waals surface area contributed by atoms with Crippen LogP contribution < -0.4 is 20.9 Å². The predicted molar refractivity (Wildman–Crippen MR) is 157 cm³/mol. The van der Waals surface area contributed by atoms with Crippen LogP contribution in [0.3, 0.4) is 0 Å². The Morgan fingerprint density at radius 3 is 2.46 bits per heavy atom. The van der Waals surface area contributed by atoms with E-state index < -0.39 is 0 Å². The van der Waals surface area contributed by atoms with Crippen LogP contribution in [0.4, 0.5) is 5.69 Å². The number of aromatic nitrogens is 3. The highest BCUT2D eigenvalue weighted by atomic mass is 32.2. The summed E-state index contributed by atoms with van der Waals surface area (Å²) in [5, 5.41) is 5.93. The minimum Gasteiger partial charge on any atom is -0.350 e. The Morgan fingerprint density at radius 1 is 1.03 bits per heavy atom. The van der Waals surface area contributed by atoms with Gasteiger partial charge in [-0.2, -0.15) is 0 Å². The van der Waals surface area contributed by atoms with Gasteiger partial charge in [0.2, 0.25) is 11.8 Å². The zero-order valence-corrected chi connectivity index (χ0v) is 24.4. The fourth-order valence-electron chi connectivity index (χ4n) is 4.03. The molecule has 0 aliphatic carbocycles. The van der Waals surface area contributed by atoms with Gasteiger partial charge >= 0.3 is 0 Å². The van der Waals surface area contributed by atoms with Crippen molar-refractivity contribution in [2.45, 2.75) is 84.8 Å². The second-order valence-corrected chi connectivity index (χ2v) is 11.0. The molecule has 0 unspecified atom stereocenters. The molecule has 10 heteroatoms. The number of anilines is 1. The van der Waals surface area contributed by atoms with Crippen LogP contribution in [-0.4, -0.2) is 31.5 Å². The summed E-state index contributed by atoms with van der Waals surface area (Å²) in [5.74, 6) is 0.308. The van der Waals surface area contributed by atoms with Gasteiger partial charge in [0.15, 0.2) is 0 Å². The average molecular weight is 553 g/mol. The topological polar surface area (TPSA) is 110 Å². The molecule has 2 aromatic heterocycles. The SMILES string of the molecule is CCCc1ccc(NSCc2ccccc2)c(=O)n1CC(=O)NCc1c(C)ncn1CC(=O)NC(C)(C)CC. The minimum atomic E-state index is -0.298. The lowest BCUT2D eigenvalue weighted by Gasteiger charge is -2.24. The van der Waals surface area contributed by atoms with E-state index in [4.69, 9.17) is 0 Å². The summed E-state index contributed by atoms with van der Waals surface area (Å²) >= 11 is 1.44. The molecule has 0 bridgehead atoms. The molecule has 0 aliphatic rings. The number of hydrogen-bond acceptors (Lipinski definition) is 6. The van der Waals surface area contributed by atoms with Gasteiger partial charge in [0.05, 0.1) is 24.3 Å². The van der Waals surface area contributed by atoms with Gasteiger partial charge in [0.1, 0.15) is 18.8 Å². The maximum Gasteiger partial charge on any atom is 0.275 e. The van der Waals surface area contributed by atoms with Gasteiger partial charge in [-0.05, 0) is 63.3 Å². The molecule has 0 fully saturated rings. The molecule has 0 aliphatic heterocycles. The van der Waals surface area contributed by atoms with E-state index in [1.165, 1.54) is 16.5 Å². The minimum absolute atomic E-state index is 0.0919. The highest BCUT2D eigenvalue weighted by Gasteiger charge is 2.20. The summed E-state index contributed by atoms with van der Waals surface area (Å²) < 4.78 is 6.44. The number of rotatable bonds is 14. The van der Waals surface area contributed by atoms with Crippen LogP contribution in [-0.2, 0) is 41.4 Å². The summed E-state index contributed by atoms with van der Waals surface area (Å²) in [4.78, 5) is 43.2. The van der Waals surface area contributed by atoms with Crippen LogP contribution in [0.5, 0.6) is 0 Å². The molecule has 2 amide bonds. The van der Waals surface area contributed by atoms with E-state index >= 15 is 0 Å². The van der Waals surface area contributed by atoms with Gasteiger partial charge < -0.3 is 24.5 Å². The molecule has 210 valence electrons. The highest BCUT2D eigenvalue weighted by molar-refractivity contribution is 7.99. The number of aryl methyl sites for hydroxylation is 2. The number of carbonyl (C=O) groups is 2. The smallest absolute Gasteiger partial charge is 0.275 e. The van der Waals surface area contributed by atoms with Gasteiger partial charge in [-0.15, -0.1) is 0 Å². The third-order valence-corrected chi connectivity index (χ3v) is 7.46. The first kappa shape index (κ1) is 30.0. The number of nitrogens with zero attached hydrogens (tertiary/aromatic N) is 3. The van der Waals surface area contributed by atoms with Crippen molar-refractivity contribution < 1.29 is 9.59 Å². The van der Waals surface area contributed by atoms with Gasteiger partial charge in [0, 0.05) is 17.0 Å². The maximum absolute atomic E-state index is 13.3. The lowest BCUT2D eigenvalue weighted by molar-refractivity contribution is -0.123. The first-order valence-electron chi connectivity index (χ1n) is 13.4. The van der Waals surface area contributed by atoms with Gasteiger partial charge in [-0.3, -0.25) is 14.4 Å². The molecule has 3 rings (SSSR count). The Hall–Kier alpha value is -3.53. The molecule has 2 heterocycles. The zero-order valence-electron chi connectivity index (χ0n) is 23.5. The largest absolute Gasteiger partial charge is 0.350 e. The molecule has 3 N–H and O–H groups in total. The van der Waals surface area contributed by atoms with E-state index in [0.717, 1.165) is 35.5 Å². The van der Waals surface area contributed by atoms with Crippen molar-refractivity contribution in [1.82, 2.24) is 24.8 Å². The second-order valence-electron chi connectivity index (χ2n) is 10.2. The van der Waals surface area contributed by atoms with E-state index in [-0.39, 0.29) is 42.5 Å². The van der Waals surface area contributed by atoms with Crippen LogP contribution in [0.1, 0.15) is 63.2 Å². The number of hydrogen-bond donors (Lipinski definition) is 3. The lowest BCUT2D eigenvalue weighted by atomic mass is 10.0. The summed E-state index contributed by atoms with van der Waals surface area (Å²) in [6, 6.07) is 13.7. The van der Waals surface area contributed by atoms with Crippen LogP contribution in [0.2, 0.25) is 0 Å². The number of carbonyl (C=O) groups excluding carboxylic acids is 2. The van der Waals surface area contributed by atoms with Crippen molar-refractivity contribution in [3.63, 3.8) is 0 Å². The number of nitrogens with one attached hydrogen (secondary N) is 3. The molecule has 39 heavy (non-hydrogen) atoms. The van der Waals surface area contributed by atoms with E-state index in [1.807, 2.05) is 71.0 Å². The van der Waals surface area contributed by atoms with Crippen molar-refractivity contribution in [1.29, 1.82) is 0 Å². The summed E-state index contributed by atoms with van der Waals surface area (Å²) in [5.41, 5.74) is 3.37. The number of imidazole rings is 1. The van der Waals surface area contributed by atoms with Crippen molar-refractivity contribution >= 4 is 29.4 Å². The Morgan fingerprint density at radius 2 is 1.77 bits per heavy atom. The molecular formula is C29H40N6O3S. The lowest BCUT2D eigenvalue weighted by Crippen LogP contribution is -2.44. The molecule has 0 atom stereocenters. The molecule has 0 spiro atoms. The normalized spacial score (nSPS) is 11.3. The van der Waals surface area contributed by atoms with Crippen LogP contribution in [0.15, 0.2) is 53.6 Å². The molecule has 0 radical (unpaired) electrons. The average Bonchev–Trinajstić information content (AvgIpc) is 3.25. The fraction of sp³-hybridized carbons (Fsp3) is 0.448. The Kier molecular flexibility index (Phi) is 10.8. The summed E-state index contributed by atoms with van der Waals surface area (Å²) in [6.45, 7) is 10.1. The first-order chi connectivity index (χ1) is 18.6. The molecule has 0 saturated carbocycles. The maximum atomic E-state index is 13.3. The predicted octanol–water partition coefficient (Wildman–Crippen LogP) is 4.19. The fourth-order valence-corrected chi connectivity index (χ4v) is 4.77. The van der Waals surface area contributed by atoms with Gasteiger partial charge in [0.25, 0.3) is 5.56 Å². The molecule has 1 aromatic carbocycles. The van der Waals surface area contributed by atoms with Gasteiger partial charge in [-0.25, -0.2) is 4.98 Å². The van der Waals surface area contributed by atoms with E-state index in [0.29, 0.717) is 17.9 Å². The molecule has 9 nitrogen and oxygen atoms in total. The zero-order chi connectivity index (χ0) is 28.4. The van der Waals surface area contributed by atoms with Crippen molar-refractivity contribution in [3.8, 4) is 0 Å². The molecule has 0 saturated heterocycles. The number of benzene rings is 1. The number of amides is 2. The second kappa shape index (κ2) is 14.0. The van der Waals surface area contributed by atoms with Crippen molar-refractivity contribution in [2.75, 3.05) is 4.72 Å². The highest BCUT2D eigenvalue weighted by Crippen LogP contribution is 2.16. The van der Waals surface area contributed by atoms with E-state index in [2.05, 4.69) is 20.3 Å². The van der Waals surface area contributed by atoms with Crippen molar-refractivity contribution in [3.05, 3.63) is 81.8 Å². The van der Waals surface area contributed by atoms with E-state index in [9.17, 15) is 14.4 Å². The summed E-state index contributed by atoms with van der Waals surface area (Å²) in [7, 11) is 0. The first-order valence-corrected chi connectivity index (χ1v) is 14.3. The number of pyridine rings is 1. The van der Waals surface area contributed by atoms with Gasteiger partial charge in [-0.1, -0.05) is 50.6 Å². The Labute approximate surface area is 234 Å².